The number of carbonyl (C=O) groups excluding carboxylic acids is 1. The molecule has 0 N–H and O–H groups in total. The molecule has 0 aromatic heterocycles. The van der Waals surface area contributed by atoms with E-state index < -0.39 is 11.6 Å². The zero-order valence-corrected chi connectivity index (χ0v) is 17.0. The molecule has 1 spiro atoms. The van der Waals surface area contributed by atoms with Gasteiger partial charge in [0.1, 0.15) is 17.5 Å². The summed E-state index contributed by atoms with van der Waals surface area (Å²) in [5.74, 6) is -1.62. The van der Waals surface area contributed by atoms with Gasteiger partial charge in [0.15, 0.2) is 0 Å². The van der Waals surface area contributed by atoms with Gasteiger partial charge in [-0.25, -0.2) is 13.2 Å². The van der Waals surface area contributed by atoms with Gasteiger partial charge in [0.2, 0.25) is 5.91 Å². The molecule has 30 heavy (non-hydrogen) atoms. The molecule has 4 rings (SSSR count). The number of halogens is 3. The first-order valence-electron chi connectivity index (χ1n) is 10.7. The number of amides is 1. The molecule has 0 radical (unpaired) electrons. The molecule has 1 atom stereocenters. The van der Waals surface area contributed by atoms with Crippen molar-refractivity contribution in [1.29, 1.82) is 0 Å². The normalized spacial score (nSPS) is 22.4. The van der Waals surface area contributed by atoms with E-state index in [1.54, 1.807) is 0 Å². The van der Waals surface area contributed by atoms with E-state index in [-0.39, 0.29) is 23.7 Å². The van der Waals surface area contributed by atoms with E-state index in [0.717, 1.165) is 56.8 Å². The molecule has 3 nitrogen and oxygen atoms in total. The highest BCUT2D eigenvalue weighted by atomic mass is 19.1. The van der Waals surface area contributed by atoms with Crippen LogP contribution in [0, 0.1) is 17.5 Å². The van der Waals surface area contributed by atoms with Gasteiger partial charge < -0.3 is 4.90 Å². The number of hydrogen-bond acceptors (Lipinski definition) is 2. The Labute approximate surface area is 175 Å². The number of hydrogen-bond donors (Lipinski definition) is 0. The SMILES string of the molecule is O=C(Cc1cc(F)cc(F)c1)N1CCC[C@@]2(CCCN2Cc2ccc(F)cc2)CC1. The molecule has 1 amide bonds. The zero-order chi connectivity index (χ0) is 21.1. The van der Waals surface area contributed by atoms with Crippen molar-refractivity contribution in [3.63, 3.8) is 0 Å². The molecule has 2 aliphatic heterocycles. The molecule has 160 valence electrons. The number of rotatable bonds is 4. The fourth-order valence-corrected chi connectivity index (χ4v) is 5.05. The maximum atomic E-state index is 13.4. The number of likely N-dealkylation sites (tertiary alicyclic amines) is 2. The van der Waals surface area contributed by atoms with E-state index >= 15 is 0 Å². The van der Waals surface area contributed by atoms with Gasteiger partial charge in [0, 0.05) is 31.2 Å². The van der Waals surface area contributed by atoms with Crippen LogP contribution in [0.2, 0.25) is 0 Å². The topological polar surface area (TPSA) is 23.6 Å². The molecule has 0 unspecified atom stereocenters. The van der Waals surface area contributed by atoms with Gasteiger partial charge in [-0.05, 0) is 74.0 Å². The zero-order valence-electron chi connectivity index (χ0n) is 17.0. The van der Waals surface area contributed by atoms with Gasteiger partial charge in [0.25, 0.3) is 0 Å². The van der Waals surface area contributed by atoms with Crippen LogP contribution in [0.15, 0.2) is 42.5 Å². The Morgan fingerprint density at radius 3 is 2.17 bits per heavy atom. The highest BCUT2D eigenvalue weighted by Crippen LogP contribution is 2.39. The van der Waals surface area contributed by atoms with Crippen LogP contribution in [0.5, 0.6) is 0 Å². The van der Waals surface area contributed by atoms with Crippen LogP contribution < -0.4 is 0 Å². The summed E-state index contributed by atoms with van der Waals surface area (Å²) in [5.41, 5.74) is 1.53. The van der Waals surface area contributed by atoms with Crippen LogP contribution >= 0.6 is 0 Å². The Kier molecular flexibility index (Phi) is 6.14. The summed E-state index contributed by atoms with van der Waals surface area (Å²) in [6.07, 6.45) is 5.05. The van der Waals surface area contributed by atoms with Crippen LogP contribution in [0.4, 0.5) is 13.2 Å². The van der Waals surface area contributed by atoms with Gasteiger partial charge in [-0.1, -0.05) is 12.1 Å². The molecule has 0 bridgehead atoms. The number of carbonyl (C=O) groups is 1. The van der Waals surface area contributed by atoms with Crippen LogP contribution in [0.1, 0.15) is 43.2 Å². The molecule has 0 aliphatic carbocycles. The van der Waals surface area contributed by atoms with Gasteiger partial charge >= 0.3 is 0 Å². The molecule has 2 saturated heterocycles. The summed E-state index contributed by atoms with van der Waals surface area (Å²) in [4.78, 5) is 17.1. The summed E-state index contributed by atoms with van der Waals surface area (Å²) in [7, 11) is 0. The Morgan fingerprint density at radius 2 is 1.47 bits per heavy atom. The van der Waals surface area contributed by atoms with Crippen molar-refractivity contribution in [3.05, 3.63) is 71.0 Å². The molecular formula is C24H27F3N2O. The summed E-state index contributed by atoms with van der Waals surface area (Å²) in [5, 5.41) is 0. The van der Waals surface area contributed by atoms with Gasteiger partial charge in [-0.3, -0.25) is 9.69 Å². The fourth-order valence-electron chi connectivity index (χ4n) is 5.05. The number of nitrogens with zero attached hydrogens (tertiary/aromatic N) is 2. The van der Waals surface area contributed by atoms with Crippen LogP contribution in [-0.2, 0) is 17.8 Å². The first-order chi connectivity index (χ1) is 14.4. The smallest absolute Gasteiger partial charge is 0.226 e. The first-order valence-corrected chi connectivity index (χ1v) is 10.7. The first kappa shape index (κ1) is 20.9. The Morgan fingerprint density at radius 1 is 0.800 bits per heavy atom. The molecule has 2 aromatic rings. The van der Waals surface area contributed by atoms with Crippen molar-refractivity contribution in [2.24, 2.45) is 0 Å². The molecular weight excluding hydrogens is 389 g/mol. The van der Waals surface area contributed by atoms with Gasteiger partial charge in [-0.2, -0.15) is 0 Å². The van der Waals surface area contributed by atoms with E-state index in [0.29, 0.717) is 18.7 Å². The highest BCUT2D eigenvalue weighted by Gasteiger charge is 2.41. The average Bonchev–Trinajstić information content (AvgIpc) is 2.93. The lowest BCUT2D eigenvalue weighted by Crippen LogP contribution is -2.44. The lowest BCUT2D eigenvalue weighted by atomic mass is 9.87. The monoisotopic (exact) mass is 416 g/mol. The standard InChI is InChI=1S/C24H27F3N2O/c25-20-5-3-18(4-6-20)17-29-11-2-8-24(29)7-1-10-28(12-9-24)23(30)15-19-13-21(26)16-22(27)14-19/h3-6,13-14,16H,1-2,7-12,15,17H2/t24-/m1/s1. The van der Waals surface area contributed by atoms with Gasteiger partial charge in [-0.15, -0.1) is 0 Å². The Hall–Kier alpha value is -2.34. The van der Waals surface area contributed by atoms with Crippen molar-refractivity contribution in [3.8, 4) is 0 Å². The molecule has 0 saturated carbocycles. The Balaban J connectivity index is 1.40. The second-order valence-electron chi connectivity index (χ2n) is 8.56. The van der Waals surface area contributed by atoms with Crippen molar-refractivity contribution < 1.29 is 18.0 Å². The van der Waals surface area contributed by atoms with Crippen LogP contribution in [0.3, 0.4) is 0 Å². The Bertz CT molecular complexity index is 882. The minimum absolute atomic E-state index is 0.0149. The molecule has 6 heteroatoms. The van der Waals surface area contributed by atoms with Crippen molar-refractivity contribution >= 4 is 5.91 Å². The maximum Gasteiger partial charge on any atom is 0.226 e. The van der Waals surface area contributed by atoms with Crippen molar-refractivity contribution in [2.45, 2.75) is 50.6 Å². The number of benzene rings is 2. The summed E-state index contributed by atoms with van der Waals surface area (Å²) < 4.78 is 40.1. The second-order valence-corrected chi connectivity index (χ2v) is 8.56. The van der Waals surface area contributed by atoms with E-state index in [9.17, 15) is 18.0 Å². The van der Waals surface area contributed by atoms with Gasteiger partial charge in [0.05, 0.1) is 6.42 Å². The highest BCUT2D eigenvalue weighted by molar-refractivity contribution is 5.78. The maximum absolute atomic E-state index is 13.4. The van der Waals surface area contributed by atoms with Crippen LogP contribution in [-0.4, -0.2) is 40.9 Å². The van der Waals surface area contributed by atoms with E-state index in [1.165, 1.54) is 24.3 Å². The second kappa shape index (κ2) is 8.80. The molecule has 2 fully saturated rings. The lowest BCUT2D eigenvalue weighted by molar-refractivity contribution is -0.130. The predicted molar refractivity (Wildman–Crippen MR) is 109 cm³/mol. The van der Waals surface area contributed by atoms with Crippen molar-refractivity contribution in [1.82, 2.24) is 9.80 Å². The fraction of sp³-hybridized carbons (Fsp3) is 0.458. The average molecular weight is 416 g/mol. The minimum Gasteiger partial charge on any atom is -0.342 e. The van der Waals surface area contributed by atoms with E-state index in [2.05, 4.69) is 4.90 Å². The quantitative estimate of drug-likeness (QED) is 0.722. The largest absolute Gasteiger partial charge is 0.342 e. The summed E-state index contributed by atoms with van der Waals surface area (Å²) in [6.45, 7) is 3.12. The van der Waals surface area contributed by atoms with Crippen molar-refractivity contribution in [2.75, 3.05) is 19.6 Å². The summed E-state index contributed by atoms with van der Waals surface area (Å²) in [6, 6.07) is 9.95. The van der Waals surface area contributed by atoms with E-state index in [1.807, 2.05) is 17.0 Å². The van der Waals surface area contributed by atoms with E-state index in [4.69, 9.17) is 0 Å². The predicted octanol–water partition coefficient (Wildman–Crippen LogP) is 4.69. The third-order valence-electron chi connectivity index (χ3n) is 6.58. The molecule has 2 aliphatic rings. The third-order valence-corrected chi connectivity index (χ3v) is 6.58. The minimum atomic E-state index is -0.657. The third kappa shape index (κ3) is 4.69. The lowest BCUT2D eigenvalue weighted by Gasteiger charge is -2.38. The van der Waals surface area contributed by atoms with Crippen LogP contribution in [0.25, 0.3) is 0 Å². The summed E-state index contributed by atoms with van der Waals surface area (Å²) >= 11 is 0. The molecule has 2 heterocycles. The molecule has 2 aromatic carbocycles.